The van der Waals surface area contributed by atoms with Gasteiger partial charge in [-0.15, -0.1) is 0 Å². The van der Waals surface area contributed by atoms with E-state index in [-0.39, 0.29) is 17.9 Å². The van der Waals surface area contributed by atoms with Crippen molar-refractivity contribution >= 4 is 12.1 Å². The van der Waals surface area contributed by atoms with Crippen LogP contribution in [0.2, 0.25) is 0 Å². The number of allylic oxidation sites excluding steroid dienone is 2. The number of benzene rings is 2. The number of likely N-dealkylation sites (N-methyl/N-ethyl adjacent to an activating group) is 1. The van der Waals surface area contributed by atoms with Crippen LogP contribution in [0, 0.1) is 0 Å². The highest BCUT2D eigenvalue weighted by Crippen LogP contribution is 2.29. The van der Waals surface area contributed by atoms with E-state index in [9.17, 15) is 4.79 Å². The van der Waals surface area contributed by atoms with Gasteiger partial charge in [-0.3, -0.25) is 14.7 Å². The third-order valence-electron chi connectivity index (χ3n) is 6.37. The van der Waals surface area contributed by atoms with Crippen LogP contribution in [-0.4, -0.2) is 54.6 Å². The van der Waals surface area contributed by atoms with Gasteiger partial charge in [0, 0.05) is 57.5 Å². The van der Waals surface area contributed by atoms with E-state index in [1.54, 1.807) is 0 Å². The Morgan fingerprint density at radius 1 is 1.10 bits per heavy atom. The summed E-state index contributed by atoms with van der Waals surface area (Å²) in [6.07, 6.45) is 10.4. The average molecular weight is 414 g/mol. The lowest BCUT2D eigenvalue weighted by Gasteiger charge is -2.27. The van der Waals surface area contributed by atoms with Gasteiger partial charge in [-0.25, -0.2) is 0 Å². The predicted molar refractivity (Wildman–Crippen MR) is 127 cm³/mol. The van der Waals surface area contributed by atoms with E-state index in [0.29, 0.717) is 6.42 Å². The molecule has 0 N–H and O–H groups in total. The summed E-state index contributed by atoms with van der Waals surface area (Å²) in [5.41, 5.74) is 3.76. The van der Waals surface area contributed by atoms with Crippen LogP contribution in [0.15, 0.2) is 89.6 Å². The molecule has 1 fully saturated rings. The lowest BCUT2D eigenvalue weighted by molar-refractivity contribution is -0.132. The maximum absolute atomic E-state index is 13.3. The molecule has 0 aromatic heterocycles. The first kappa shape index (κ1) is 21.3. The van der Waals surface area contributed by atoms with Crippen molar-refractivity contribution in [1.82, 2.24) is 9.80 Å². The Bertz CT molecular complexity index is 909. The van der Waals surface area contributed by atoms with E-state index < -0.39 is 0 Å². The number of nitrogens with zero attached hydrogens (tertiary/aromatic N) is 3. The summed E-state index contributed by atoms with van der Waals surface area (Å²) in [5, 5.41) is 0. The lowest BCUT2D eigenvalue weighted by Crippen LogP contribution is -2.39. The molecule has 1 atom stereocenters. The molecule has 0 aliphatic carbocycles. The van der Waals surface area contributed by atoms with E-state index in [2.05, 4.69) is 70.6 Å². The minimum atomic E-state index is 0.0806. The first-order valence-corrected chi connectivity index (χ1v) is 11.1. The zero-order valence-corrected chi connectivity index (χ0v) is 18.2. The van der Waals surface area contributed by atoms with E-state index >= 15 is 0 Å². The third kappa shape index (κ3) is 5.59. The molecule has 2 aliphatic heterocycles. The van der Waals surface area contributed by atoms with Crippen LogP contribution in [0.25, 0.3) is 0 Å². The topological polar surface area (TPSA) is 35.9 Å². The fraction of sp³-hybridized carbons (Fsp3) is 0.333. The molecule has 2 aromatic carbocycles. The first-order valence-electron chi connectivity index (χ1n) is 11.1. The van der Waals surface area contributed by atoms with Crippen LogP contribution < -0.4 is 0 Å². The van der Waals surface area contributed by atoms with Crippen LogP contribution in [0.4, 0.5) is 0 Å². The Labute approximate surface area is 185 Å². The SMILES string of the molecule is CN(C(=O)CC(c1ccccc1)c1ccccc1)[C@@H]1CCN(CC2=CC=NC=CC2)C1. The van der Waals surface area contributed by atoms with Crippen molar-refractivity contribution in [1.29, 1.82) is 0 Å². The Morgan fingerprint density at radius 3 is 2.45 bits per heavy atom. The molecule has 2 aromatic rings. The van der Waals surface area contributed by atoms with Crippen molar-refractivity contribution in [3.05, 3.63) is 95.7 Å². The number of carbonyl (C=O) groups excluding carboxylic acids is 1. The molecule has 2 heterocycles. The number of carbonyl (C=O) groups is 1. The molecule has 0 unspecified atom stereocenters. The zero-order chi connectivity index (χ0) is 21.5. The van der Waals surface area contributed by atoms with Crippen LogP contribution in [-0.2, 0) is 4.79 Å². The lowest BCUT2D eigenvalue weighted by atomic mass is 9.88. The second-order valence-corrected chi connectivity index (χ2v) is 8.47. The van der Waals surface area contributed by atoms with Crippen molar-refractivity contribution in [3.63, 3.8) is 0 Å². The first-order chi connectivity index (χ1) is 15.2. The maximum atomic E-state index is 13.3. The molecule has 0 saturated carbocycles. The molecular weight excluding hydrogens is 382 g/mol. The Balaban J connectivity index is 1.39. The summed E-state index contributed by atoms with van der Waals surface area (Å²) in [4.78, 5) is 21.9. The van der Waals surface area contributed by atoms with Crippen LogP contribution in [0.5, 0.6) is 0 Å². The van der Waals surface area contributed by atoms with Crippen LogP contribution >= 0.6 is 0 Å². The zero-order valence-electron chi connectivity index (χ0n) is 18.2. The normalized spacial score (nSPS) is 18.8. The molecule has 4 rings (SSSR count). The highest BCUT2D eigenvalue weighted by Gasteiger charge is 2.30. The summed E-state index contributed by atoms with van der Waals surface area (Å²) in [6, 6.07) is 21.0. The Morgan fingerprint density at radius 2 is 1.77 bits per heavy atom. The van der Waals surface area contributed by atoms with Gasteiger partial charge in [-0.1, -0.05) is 72.3 Å². The highest BCUT2D eigenvalue weighted by atomic mass is 16.2. The summed E-state index contributed by atoms with van der Waals surface area (Å²) < 4.78 is 0. The number of aliphatic imine (C=N–C) groups is 1. The second-order valence-electron chi connectivity index (χ2n) is 8.47. The third-order valence-corrected chi connectivity index (χ3v) is 6.37. The quantitative estimate of drug-likeness (QED) is 0.662. The number of hydrogen-bond donors (Lipinski definition) is 0. The van der Waals surface area contributed by atoms with E-state index in [1.807, 2.05) is 36.5 Å². The number of hydrogen-bond acceptors (Lipinski definition) is 3. The fourth-order valence-corrected chi connectivity index (χ4v) is 4.53. The van der Waals surface area contributed by atoms with Gasteiger partial charge in [0.2, 0.25) is 5.91 Å². The number of amides is 1. The number of likely N-dealkylation sites (tertiary alicyclic amines) is 1. The summed E-state index contributed by atoms with van der Waals surface area (Å²) in [5.74, 6) is 0.297. The summed E-state index contributed by atoms with van der Waals surface area (Å²) in [6.45, 7) is 2.91. The van der Waals surface area contributed by atoms with Crippen molar-refractivity contribution in [2.24, 2.45) is 4.99 Å². The van der Waals surface area contributed by atoms with Crippen molar-refractivity contribution in [2.75, 3.05) is 26.7 Å². The summed E-state index contributed by atoms with van der Waals surface area (Å²) >= 11 is 0. The van der Waals surface area contributed by atoms with Crippen LogP contribution in [0.3, 0.4) is 0 Å². The van der Waals surface area contributed by atoms with Gasteiger partial charge in [0.15, 0.2) is 0 Å². The molecule has 1 amide bonds. The van der Waals surface area contributed by atoms with Gasteiger partial charge in [-0.05, 0) is 30.0 Å². The molecule has 0 radical (unpaired) electrons. The molecular formula is C27H31N3O. The minimum absolute atomic E-state index is 0.0806. The largest absolute Gasteiger partial charge is 0.341 e. The van der Waals surface area contributed by atoms with Crippen molar-refractivity contribution < 1.29 is 4.79 Å². The average Bonchev–Trinajstić information content (AvgIpc) is 3.13. The molecule has 160 valence electrons. The van der Waals surface area contributed by atoms with Gasteiger partial charge in [0.25, 0.3) is 0 Å². The van der Waals surface area contributed by atoms with E-state index in [0.717, 1.165) is 32.5 Å². The molecule has 4 heteroatoms. The van der Waals surface area contributed by atoms with Gasteiger partial charge in [-0.2, -0.15) is 0 Å². The van der Waals surface area contributed by atoms with Crippen molar-refractivity contribution in [3.8, 4) is 0 Å². The van der Waals surface area contributed by atoms with E-state index in [1.165, 1.54) is 16.7 Å². The molecule has 0 bridgehead atoms. The van der Waals surface area contributed by atoms with Gasteiger partial charge < -0.3 is 4.90 Å². The second kappa shape index (κ2) is 10.4. The molecule has 1 saturated heterocycles. The van der Waals surface area contributed by atoms with E-state index in [4.69, 9.17) is 0 Å². The molecule has 2 aliphatic rings. The smallest absolute Gasteiger partial charge is 0.223 e. The highest BCUT2D eigenvalue weighted by molar-refractivity contribution is 5.78. The van der Waals surface area contributed by atoms with Crippen molar-refractivity contribution in [2.45, 2.75) is 31.2 Å². The Kier molecular flexibility index (Phi) is 7.11. The van der Waals surface area contributed by atoms with Gasteiger partial charge in [0.05, 0.1) is 0 Å². The summed E-state index contributed by atoms with van der Waals surface area (Å²) in [7, 11) is 1.98. The molecule has 0 spiro atoms. The standard InChI is InChI=1S/C27H31N3O/c1-29(25-15-18-30(21-25)20-22-9-8-16-28-17-14-22)27(31)19-26(23-10-4-2-5-11-23)24-12-6-3-7-13-24/h2-8,10-14,16-17,25-26H,9,15,18-21H2,1H3/t25-/m1/s1. The fourth-order valence-electron chi connectivity index (χ4n) is 4.53. The van der Waals surface area contributed by atoms with Gasteiger partial charge >= 0.3 is 0 Å². The minimum Gasteiger partial charge on any atom is -0.341 e. The van der Waals surface area contributed by atoms with Gasteiger partial charge in [0.1, 0.15) is 0 Å². The maximum Gasteiger partial charge on any atom is 0.223 e. The number of rotatable bonds is 7. The molecule has 31 heavy (non-hydrogen) atoms. The Hall–Kier alpha value is -2.98. The monoisotopic (exact) mass is 413 g/mol. The van der Waals surface area contributed by atoms with Crippen LogP contribution in [0.1, 0.15) is 36.3 Å². The molecule has 4 nitrogen and oxygen atoms in total. The predicted octanol–water partition coefficient (Wildman–Crippen LogP) is 4.66.